The van der Waals surface area contributed by atoms with E-state index in [-0.39, 0.29) is 6.10 Å². The first-order valence-corrected chi connectivity index (χ1v) is 6.68. The Morgan fingerprint density at radius 3 is 2.76 bits per heavy atom. The highest BCUT2D eigenvalue weighted by atomic mass is 16.5. The third kappa shape index (κ3) is 3.96. The summed E-state index contributed by atoms with van der Waals surface area (Å²) in [6, 6.07) is 0. The summed E-state index contributed by atoms with van der Waals surface area (Å²) in [5, 5.41) is 12.1. The van der Waals surface area contributed by atoms with Crippen molar-refractivity contribution in [3.63, 3.8) is 0 Å². The van der Waals surface area contributed by atoms with Crippen LogP contribution >= 0.6 is 0 Å². The van der Waals surface area contributed by atoms with Crippen LogP contribution < -0.4 is 5.32 Å². The molecule has 0 aliphatic heterocycles. The highest BCUT2D eigenvalue weighted by Gasteiger charge is 2.44. The predicted octanol–water partition coefficient (Wildman–Crippen LogP) is 2.18. The second-order valence-electron chi connectivity index (χ2n) is 4.93. The second kappa shape index (κ2) is 6.97. The van der Waals surface area contributed by atoms with Crippen LogP contribution in [0, 0.1) is 0 Å². The maximum absolute atomic E-state index is 11.2. The van der Waals surface area contributed by atoms with E-state index in [2.05, 4.69) is 12.2 Å². The molecule has 0 radical (unpaired) electrons. The van der Waals surface area contributed by atoms with Crippen LogP contribution in [0.15, 0.2) is 0 Å². The number of carbonyl (C=O) groups is 1. The Labute approximate surface area is 104 Å². The van der Waals surface area contributed by atoms with E-state index < -0.39 is 11.5 Å². The fourth-order valence-corrected chi connectivity index (χ4v) is 2.45. The summed E-state index contributed by atoms with van der Waals surface area (Å²) < 4.78 is 5.75. The summed E-state index contributed by atoms with van der Waals surface area (Å²) in [4.78, 5) is 11.2. The molecule has 2 unspecified atom stereocenters. The monoisotopic (exact) mass is 243 g/mol. The Bertz CT molecular complexity index is 245. The predicted molar refractivity (Wildman–Crippen MR) is 67.2 cm³/mol. The minimum atomic E-state index is -0.756. The number of carboxylic acids is 1. The zero-order valence-corrected chi connectivity index (χ0v) is 11.0. The standard InChI is InChI=1S/C13H25NO3/c1-3-4-5-6-9-17-11-7-8-13(10-11,14-2)12(15)16/h11,14H,3-10H2,1-2H3,(H,15,16). The van der Waals surface area contributed by atoms with Crippen molar-refractivity contribution >= 4 is 5.97 Å². The van der Waals surface area contributed by atoms with Crippen LogP contribution in [0.5, 0.6) is 0 Å². The van der Waals surface area contributed by atoms with Gasteiger partial charge in [0.25, 0.3) is 0 Å². The van der Waals surface area contributed by atoms with Crippen LogP contribution in [0.2, 0.25) is 0 Å². The summed E-state index contributed by atoms with van der Waals surface area (Å²) in [6.45, 7) is 2.95. The lowest BCUT2D eigenvalue weighted by Gasteiger charge is -2.23. The fourth-order valence-electron chi connectivity index (χ4n) is 2.45. The van der Waals surface area contributed by atoms with E-state index in [9.17, 15) is 9.90 Å². The van der Waals surface area contributed by atoms with Gasteiger partial charge in [-0.05, 0) is 26.3 Å². The average Bonchev–Trinajstić information content (AvgIpc) is 2.74. The van der Waals surface area contributed by atoms with Crippen LogP contribution in [-0.4, -0.2) is 36.4 Å². The molecule has 0 aromatic rings. The number of likely N-dealkylation sites (N-methyl/N-ethyl adjacent to an activating group) is 1. The summed E-state index contributed by atoms with van der Waals surface area (Å²) in [7, 11) is 1.72. The van der Waals surface area contributed by atoms with Gasteiger partial charge >= 0.3 is 5.97 Å². The summed E-state index contributed by atoms with van der Waals surface area (Å²) in [5.41, 5.74) is -0.756. The van der Waals surface area contributed by atoms with E-state index in [4.69, 9.17) is 4.74 Å². The maximum Gasteiger partial charge on any atom is 0.323 e. The topological polar surface area (TPSA) is 58.6 Å². The van der Waals surface area contributed by atoms with Gasteiger partial charge in [-0.3, -0.25) is 4.79 Å². The third-order valence-electron chi connectivity index (χ3n) is 3.71. The van der Waals surface area contributed by atoms with Crippen LogP contribution in [0.25, 0.3) is 0 Å². The highest BCUT2D eigenvalue weighted by molar-refractivity contribution is 5.79. The Hall–Kier alpha value is -0.610. The molecule has 1 rings (SSSR count). The number of hydrogen-bond acceptors (Lipinski definition) is 3. The Morgan fingerprint density at radius 1 is 1.47 bits per heavy atom. The van der Waals surface area contributed by atoms with Crippen molar-refractivity contribution in [3.8, 4) is 0 Å². The molecule has 4 heteroatoms. The van der Waals surface area contributed by atoms with Gasteiger partial charge < -0.3 is 15.2 Å². The van der Waals surface area contributed by atoms with E-state index in [0.29, 0.717) is 12.8 Å². The molecule has 1 aliphatic rings. The largest absolute Gasteiger partial charge is 0.480 e. The van der Waals surface area contributed by atoms with E-state index in [1.165, 1.54) is 19.3 Å². The molecule has 2 atom stereocenters. The van der Waals surface area contributed by atoms with Gasteiger partial charge in [0.1, 0.15) is 5.54 Å². The van der Waals surface area contributed by atoms with Gasteiger partial charge in [-0.2, -0.15) is 0 Å². The minimum absolute atomic E-state index is 0.111. The minimum Gasteiger partial charge on any atom is -0.480 e. The number of carboxylic acid groups (broad SMARTS) is 1. The quantitative estimate of drug-likeness (QED) is 0.641. The molecule has 1 saturated carbocycles. The van der Waals surface area contributed by atoms with E-state index >= 15 is 0 Å². The molecule has 4 nitrogen and oxygen atoms in total. The van der Waals surface area contributed by atoms with Crippen molar-refractivity contribution in [2.45, 2.75) is 63.5 Å². The molecular formula is C13H25NO3. The first kappa shape index (κ1) is 14.5. The third-order valence-corrected chi connectivity index (χ3v) is 3.71. The molecule has 1 fully saturated rings. The molecule has 0 saturated heterocycles. The summed E-state index contributed by atoms with van der Waals surface area (Å²) >= 11 is 0. The summed E-state index contributed by atoms with van der Waals surface area (Å²) in [6.07, 6.45) is 6.99. The average molecular weight is 243 g/mol. The number of ether oxygens (including phenoxy) is 1. The number of rotatable bonds is 8. The molecule has 2 N–H and O–H groups in total. The normalized spacial score (nSPS) is 28.5. The number of unbranched alkanes of at least 4 members (excludes halogenated alkanes) is 3. The van der Waals surface area contributed by atoms with Crippen LogP contribution in [0.3, 0.4) is 0 Å². The number of nitrogens with one attached hydrogen (secondary N) is 1. The number of hydrogen-bond donors (Lipinski definition) is 2. The van der Waals surface area contributed by atoms with Crippen molar-refractivity contribution < 1.29 is 14.6 Å². The van der Waals surface area contributed by atoms with Crippen LogP contribution in [0.4, 0.5) is 0 Å². The zero-order chi connectivity index (χ0) is 12.7. The van der Waals surface area contributed by atoms with Crippen molar-refractivity contribution in [1.29, 1.82) is 0 Å². The molecule has 100 valence electrons. The molecule has 0 aromatic carbocycles. The molecular weight excluding hydrogens is 218 g/mol. The van der Waals surface area contributed by atoms with Gasteiger partial charge in [0.15, 0.2) is 0 Å². The van der Waals surface area contributed by atoms with Crippen LogP contribution in [0.1, 0.15) is 51.9 Å². The van der Waals surface area contributed by atoms with Gasteiger partial charge in [-0.15, -0.1) is 0 Å². The Kier molecular flexibility index (Phi) is 5.92. The Morgan fingerprint density at radius 2 is 2.24 bits per heavy atom. The lowest BCUT2D eigenvalue weighted by atomic mass is 9.98. The zero-order valence-electron chi connectivity index (χ0n) is 11.0. The van der Waals surface area contributed by atoms with E-state index in [1.807, 2.05) is 0 Å². The van der Waals surface area contributed by atoms with Crippen molar-refractivity contribution in [3.05, 3.63) is 0 Å². The summed E-state index contributed by atoms with van der Waals surface area (Å²) in [5.74, 6) is -0.753. The molecule has 0 bridgehead atoms. The molecule has 0 heterocycles. The maximum atomic E-state index is 11.2. The van der Waals surface area contributed by atoms with Gasteiger partial charge in [0.05, 0.1) is 6.10 Å². The molecule has 0 spiro atoms. The molecule has 1 aliphatic carbocycles. The van der Waals surface area contributed by atoms with Gasteiger partial charge in [-0.1, -0.05) is 26.2 Å². The molecule has 0 aromatic heterocycles. The highest BCUT2D eigenvalue weighted by Crippen LogP contribution is 2.32. The van der Waals surface area contributed by atoms with Crippen molar-refractivity contribution in [2.75, 3.05) is 13.7 Å². The van der Waals surface area contributed by atoms with Gasteiger partial charge in [0.2, 0.25) is 0 Å². The SMILES string of the molecule is CCCCCCOC1CCC(NC)(C(=O)O)C1. The fraction of sp³-hybridized carbons (Fsp3) is 0.923. The first-order chi connectivity index (χ1) is 8.14. The van der Waals surface area contributed by atoms with Crippen molar-refractivity contribution in [2.24, 2.45) is 0 Å². The van der Waals surface area contributed by atoms with E-state index in [1.54, 1.807) is 7.05 Å². The molecule has 0 amide bonds. The van der Waals surface area contributed by atoms with Gasteiger partial charge in [-0.25, -0.2) is 0 Å². The lowest BCUT2D eigenvalue weighted by Crippen LogP contribution is -2.48. The smallest absolute Gasteiger partial charge is 0.323 e. The van der Waals surface area contributed by atoms with E-state index in [0.717, 1.165) is 19.4 Å². The first-order valence-electron chi connectivity index (χ1n) is 6.68. The second-order valence-corrected chi connectivity index (χ2v) is 4.93. The number of aliphatic carboxylic acids is 1. The Balaban J connectivity index is 2.23. The van der Waals surface area contributed by atoms with Crippen LogP contribution in [-0.2, 0) is 9.53 Å². The van der Waals surface area contributed by atoms with Gasteiger partial charge in [0, 0.05) is 13.0 Å². The lowest BCUT2D eigenvalue weighted by molar-refractivity contribution is -0.144. The van der Waals surface area contributed by atoms with Crippen molar-refractivity contribution in [1.82, 2.24) is 5.32 Å². The molecule has 17 heavy (non-hydrogen) atoms.